The van der Waals surface area contributed by atoms with Crippen molar-refractivity contribution in [3.8, 4) is 32.1 Å². The van der Waals surface area contributed by atoms with Crippen LogP contribution in [0.4, 0.5) is 11.5 Å². The highest BCUT2D eigenvalue weighted by Gasteiger charge is 2.24. The first kappa shape index (κ1) is 20.1. The summed E-state index contributed by atoms with van der Waals surface area (Å²) in [5.74, 6) is 0.196. The van der Waals surface area contributed by atoms with Gasteiger partial charge in [0.25, 0.3) is 0 Å². The van der Waals surface area contributed by atoms with Crippen molar-refractivity contribution in [2.24, 2.45) is 0 Å². The van der Waals surface area contributed by atoms with E-state index in [4.69, 9.17) is 29.8 Å². The molecule has 0 fully saturated rings. The van der Waals surface area contributed by atoms with Gasteiger partial charge < -0.3 is 10.3 Å². The number of aromatic nitrogens is 3. The molecule has 0 radical (unpaired) electrons. The second-order valence-electron chi connectivity index (χ2n) is 6.30. The minimum Gasteiger partial charge on any atom is -0.344 e. The maximum atomic E-state index is 11.4. The third-order valence-corrected chi connectivity index (χ3v) is 6.07. The largest absolute Gasteiger partial charge is 0.344 e. The van der Waals surface area contributed by atoms with E-state index in [1.165, 1.54) is 18.3 Å². The number of nitrogens with zero attached hydrogens (tertiary/aromatic N) is 3. The van der Waals surface area contributed by atoms with E-state index in [0.29, 0.717) is 32.7 Å². The Morgan fingerprint density at radius 3 is 2.73 bits per heavy atom. The van der Waals surface area contributed by atoms with Crippen molar-refractivity contribution in [1.29, 1.82) is 0 Å². The molecule has 0 spiro atoms. The van der Waals surface area contributed by atoms with Gasteiger partial charge in [0.05, 0.1) is 24.8 Å². The van der Waals surface area contributed by atoms with E-state index in [1.807, 2.05) is 0 Å². The van der Waals surface area contributed by atoms with Gasteiger partial charge in [-0.15, -0.1) is 11.3 Å². The van der Waals surface area contributed by atoms with Crippen molar-refractivity contribution in [2.45, 2.75) is 6.92 Å². The molecule has 9 heteroatoms. The fourth-order valence-electron chi connectivity index (χ4n) is 3.06. The van der Waals surface area contributed by atoms with Crippen LogP contribution < -0.4 is 5.32 Å². The molecule has 0 aliphatic carbocycles. The van der Waals surface area contributed by atoms with Crippen LogP contribution >= 0.6 is 34.5 Å². The summed E-state index contributed by atoms with van der Waals surface area (Å²) in [5.41, 5.74) is 3.40. The molecule has 0 saturated heterocycles. The SMILES string of the molecule is [C-]#[N+]c1c(-c2ccnc(NC(C)=O)c2)sc(-c2cnc[nH]2)c1-c1ccc(Cl)cc1Cl. The Bertz CT molecular complexity index is 1290. The van der Waals surface area contributed by atoms with Gasteiger partial charge in [-0.3, -0.25) is 4.79 Å². The van der Waals surface area contributed by atoms with Gasteiger partial charge in [0.15, 0.2) is 0 Å². The molecule has 0 bridgehead atoms. The predicted octanol–water partition coefficient (Wildman–Crippen LogP) is 6.68. The number of halogens is 2. The maximum absolute atomic E-state index is 11.4. The summed E-state index contributed by atoms with van der Waals surface area (Å²) < 4.78 is 0. The molecule has 0 aliphatic rings. The van der Waals surface area contributed by atoms with Crippen molar-refractivity contribution in [3.63, 3.8) is 0 Å². The lowest BCUT2D eigenvalue weighted by Gasteiger charge is -2.07. The van der Waals surface area contributed by atoms with E-state index < -0.39 is 0 Å². The zero-order valence-electron chi connectivity index (χ0n) is 15.5. The number of H-pyrrole nitrogens is 1. The lowest BCUT2D eigenvalue weighted by molar-refractivity contribution is -0.114. The quantitative estimate of drug-likeness (QED) is 0.338. The molecule has 3 heterocycles. The number of anilines is 1. The molecule has 3 aromatic heterocycles. The average molecular weight is 454 g/mol. The Labute approximate surface area is 186 Å². The van der Waals surface area contributed by atoms with Crippen LogP contribution in [0.5, 0.6) is 0 Å². The van der Waals surface area contributed by atoms with E-state index in [-0.39, 0.29) is 5.91 Å². The van der Waals surface area contributed by atoms with Crippen molar-refractivity contribution in [2.75, 3.05) is 5.32 Å². The first-order chi connectivity index (χ1) is 14.5. The van der Waals surface area contributed by atoms with E-state index in [0.717, 1.165) is 21.0 Å². The molecular weight excluding hydrogens is 441 g/mol. The molecule has 1 aromatic carbocycles. The van der Waals surface area contributed by atoms with Crippen LogP contribution in [0.1, 0.15) is 6.92 Å². The van der Waals surface area contributed by atoms with E-state index >= 15 is 0 Å². The molecule has 4 aromatic rings. The first-order valence-electron chi connectivity index (χ1n) is 8.70. The van der Waals surface area contributed by atoms with E-state index in [9.17, 15) is 4.79 Å². The third kappa shape index (κ3) is 3.81. The number of thiophene rings is 1. The van der Waals surface area contributed by atoms with Gasteiger partial charge >= 0.3 is 0 Å². The molecule has 6 nitrogen and oxygen atoms in total. The number of hydrogen-bond acceptors (Lipinski definition) is 4. The molecule has 30 heavy (non-hydrogen) atoms. The van der Waals surface area contributed by atoms with Crippen molar-refractivity contribution >= 4 is 52.0 Å². The zero-order valence-corrected chi connectivity index (χ0v) is 17.9. The number of benzene rings is 1. The molecule has 1 amide bonds. The summed E-state index contributed by atoms with van der Waals surface area (Å²) in [4.78, 5) is 28.2. The van der Waals surface area contributed by atoms with Crippen LogP contribution in [0.15, 0.2) is 49.1 Å². The van der Waals surface area contributed by atoms with Crippen LogP contribution in [0.2, 0.25) is 10.0 Å². The first-order valence-corrected chi connectivity index (χ1v) is 10.3. The third-order valence-electron chi connectivity index (χ3n) is 4.26. The molecular formula is C21H13Cl2N5OS. The second-order valence-corrected chi connectivity index (χ2v) is 8.16. The standard InChI is InChI=1S/C21H13Cl2N5OS/c1-11(29)28-17-7-12(5-6-26-17)20-19(24-2)18(14-4-3-13(22)8-15(14)23)21(30-20)16-9-25-10-27-16/h3-10H,1H3,(H,25,27)(H,26,28,29). The van der Waals surface area contributed by atoms with Crippen molar-refractivity contribution < 1.29 is 4.79 Å². The summed E-state index contributed by atoms with van der Waals surface area (Å²) in [5, 5.41) is 3.64. The maximum Gasteiger partial charge on any atom is 0.222 e. The highest BCUT2D eigenvalue weighted by atomic mass is 35.5. The molecule has 0 unspecified atom stereocenters. The second kappa shape index (κ2) is 8.28. The number of amides is 1. The van der Waals surface area contributed by atoms with Gasteiger partial charge in [-0.2, -0.15) is 0 Å². The summed E-state index contributed by atoms with van der Waals surface area (Å²) in [6.07, 6.45) is 4.88. The normalized spacial score (nSPS) is 10.6. The minimum absolute atomic E-state index is 0.219. The molecule has 2 N–H and O–H groups in total. The van der Waals surface area contributed by atoms with Crippen LogP contribution in [0.3, 0.4) is 0 Å². The minimum atomic E-state index is -0.219. The van der Waals surface area contributed by atoms with Gasteiger partial charge in [-0.1, -0.05) is 29.3 Å². The van der Waals surface area contributed by atoms with Crippen LogP contribution in [-0.4, -0.2) is 20.9 Å². The number of hydrogen-bond donors (Lipinski definition) is 2. The highest BCUT2D eigenvalue weighted by molar-refractivity contribution is 7.20. The number of carbonyl (C=O) groups excluding carboxylic acids is 1. The van der Waals surface area contributed by atoms with Crippen LogP contribution in [-0.2, 0) is 4.79 Å². The lowest BCUT2D eigenvalue weighted by Crippen LogP contribution is -2.07. The van der Waals surface area contributed by atoms with Crippen molar-refractivity contribution in [1.82, 2.24) is 15.0 Å². The topological polar surface area (TPSA) is 75.0 Å². The number of rotatable bonds is 4. The van der Waals surface area contributed by atoms with Gasteiger partial charge in [0.2, 0.25) is 11.6 Å². The predicted molar refractivity (Wildman–Crippen MR) is 121 cm³/mol. The Morgan fingerprint density at radius 1 is 1.23 bits per heavy atom. The van der Waals surface area contributed by atoms with Gasteiger partial charge in [-0.05, 0) is 35.4 Å². The average Bonchev–Trinajstić information content (AvgIpc) is 3.35. The van der Waals surface area contributed by atoms with Gasteiger partial charge in [-0.25, -0.2) is 14.8 Å². The Hall–Kier alpha value is -3.18. The Balaban J connectivity index is 1.98. The molecule has 0 saturated carbocycles. The molecule has 0 aliphatic heterocycles. The van der Waals surface area contributed by atoms with Crippen LogP contribution in [0, 0.1) is 6.57 Å². The fourth-order valence-corrected chi connectivity index (χ4v) is 4.78. The number of nitrogens with one attached hydrogen (secondary N) is 2. The molecule has 4 rings (SSSR count). The Morgan fingerprint density at radius 2 is 2.07 bits per heavy atom. The summed E-state index contributed by atoms with van der Waals surface area (Å²) in [6.45, 7) is 9.31. The smallest absolute Gasteiger partial charge is 0.222 e. The monoisotopic (exact) mass is 453 g/mol. The zero-order chi connectivity index (χ0) is 21.3. The summed E-state index contributed by atoms with van der Waals surface area (Å²) in [6, 6.07) is 8.75. The molecule has 148 valence electrons. The Kier molecular flexibility index (Phi) is 5.55. The highest BCUT2D eigenvalue weighted by Crippen LogP contribution is 2.53. The number of pyridine rings is 1. The summed E-state index contributed by atoms with van der Waals surface area (Å²) >= 11 is 14.0. The molecule has 0 atom stereocenters. The van der Waals surface area contributed by atoms with Crippen molar-refractivity contribution in [3.05, 3.63) is 70.5 Å². The lowest BCUT2D eigenvalue weighted by atomic mass is 10.0. The number of aromatic amines is 1. The number of carbonyl (C=O) groups is 1. The summed E-state index contributed by atoms with van der Waals surface area (Å²) in [7, 11) is 0. The van der Waals surface area contributed by atoms with E-state index in [2.05, 4.69) is 25.1 Å². The fraction of sp³-hybridized carbons (Fsp3) is 0.0476. The van der Waals surface area contributed by atoms with Gasteiger partial charge in [0, 0.05) is 38.5 Å². The van der Waals surface area contributed by atoms with Gasteiger partial charge in [0.1, 0.15) is 5.82 Å². The van der Waals surface area contributed by atoms with E-state index in [1.54, 1.807) is 49.1 Å². The van der Waals surface area contributed by atoms with Crippen LogP contribution in [0.25, 0.3) is 37.0 Å². The number of imidazole rings is 1.